The van der Waals surface area contributed by atoms with Gasteiger partial charge in [-0.15, -0.1) is 11.3 Å². The zero-order valence-electron chi connectivity index (χ0n) is 11.8. The summed E-state index contributed by atoms with van der Waals surface area (Å²) < 4.78 is 6.72. The molecule has 0 spiro atoms. The van der Waals surface area contributed by atoms with Crippen molar-refractivity contribution < 1.29 is 4.74 Å². The molecule has 1 rings (SSSR count). The van der Waals surface area contributed by atoms with E-state index >= 15 is 0 Å². The monoisotopic (exact) mass is 333 g/mol. The Hall–Kier alpha value is 0.100. The standard InChI is InChI=1S/C14H24BrNOS/c1-5-9-16-12(6-8-14(2,3)17-4)13-11(15)7-10-18-13/h7,10,12,16H,5-6,8-9H2,1-4H3. The lowest BCUT2D eigenvalue weighted by atomic mass is 9.98. The molecule has 0 aliphatic heterocycles. The second-order valence-corrected chi connectivity index (χ2v) is 6.94. The first-order valence-corrected chi connectivity index (χ1v) is 8.19. The first-order chi connectivity index (χ1) is 8.50. The fraction of sp³-hybridized carbons (Fsp3) is 0.714. The molecule has 1 aromatic rings. The van der Waals surface area contributed by atoms with Crippen LogP contribution in [0.3, 0.4) is 0 Å². The van der Waals surface area contributed by atoms with E-state index in [9.17, 15) is 0 Å². The summed E-state index contributed by atoms with van der Waals surface area (Å²) in [5.41, 5.74) is -0.0458. The van der Waals surface area contributed by atoms with Gasteiger partial charge in [0.1, 0.15) is 0 Å². The average Bonchev–Trinajstić information content (AvgIpc) is 2.76. The second-order valence-electron chi connectivity index (χ2n) is 5.14. The molecule has 4 heteroatoms. The molecule has 1 N–H and O–H groups in total. The number of methoxy groups -OCH3 is 1. The van der Waals surface area contributed by atoms with Crippen molar-refractivity contribution in [3.05, 3.63) is 20.8 Å². The van der Waals surface area contributed by atoms with Gasteiger partial charge in [0.15, 0.2) is 0 Å². The molecule has 0 saturated heterocycles. The van der Waals surface area contributed by atoms with Crippen LogP contribution in [0.4, 0.5) is 0 Å². The third-order valence-corrected chi connectivity index (χ3v) is 5.17. The highest BCUT2D eigenvalue weighted by atomic mass is 79.9. The summed E-state index contributed by atoms with van der Waals surface area (Å²) in [7, 11) is 1.79. The van der Waals surface area contributed by atoms with E-state index in [2.05, 4.69) is 53.5 Å². The van der Waals surface area contributed by atoms with E-state index in [-0.39, 0.29) is 5.60 Å². The predicted octanol–water partition coefficient (Wildman–Crippen LogP) is 4.76. The molecule has 1 atom stereocenters. The fourth-order valence-corrected chi connectivity index (χ4v) is 3.55. The molecule has 0 aliphatic carbocycles. The summed E-state index contributed by atoms with van der Waals surface area (Å²) in [4.78, 5) is 1.40. The van der Waals surface area contributed by atoms with Gasteiger partial charge in [0.05, 0.1) is 5.60 Å². The molecule has 0 radical (unpaired) electrons. The summed E-state index contributed by atoms with van der Waals surface area (Å²) in [6.07, 6.45) is 3.31. The predicted molar refractivity (Wildman–Crippen MR) is 83.4 cm³/mol. The molecule has 0 bridgehead atoms. The first-order valence-electron chi connectivity index (χ1n) is 6.51. The highest BCUT2D eigenvalue weighted by Gasteiger charge is 2.21. The van der Waals surface area contributed by atoms with Crippen molar-refractivity contribution in [2.75, 3.05) is 13.7 Å². The van der Waals surface area contributed by atoms with Gasteiger partial charge in [0.25, 0.3) is 0 Å². The van der Waals surface area contributed by atoms with Gasteiger partial charge in [0, 0.05) is 22.5 Å². The molecule has 104 valence electrons. The smallest absolute Gasteiger partial charge is 0.0623 e. The van der Waals surface area contributed by atoms with Crippen LogP contribution in [0.5, 0.6) is 0 Å². The van der Waals surface area contributed by atoms with Crippen molar-refractivity contribution >= 4 is 27.3 Å². The molecule has 0 aromatic carbocycles. The largest absolute Gasteiger partial charge is 0.379 e. The lowest BCUT2D eigenvalue weighted by Crippen LogP contribution is -2.27. The maximum atomic E-state index is 5.50. The van der Waals surface area contributed by atoms with Crippen LogP contribution in [0.2, 0.25) is 0 Å². The van der Waals surface area contributed by atoms with E-state index in [0.29, 0.717) is 6.04 Å². The normalized spacial score (nSPS) is 13.8. The molecule has 1 heterocycles. The lowest BCUT2D eigenvalue weighted by molar-refractivity contribution is 0.0117. The molecular formula is C14H24BrNOS. The lowest BCUT2D eigenvalue weighted by Gasteiger charge is -2.26. The van der Waals surface area contributed by atoms with Gasteiger partial charge < -0.3 is 10.1 Å². The second kappa shape index (κ2) is 7.63. The van der Waals surface area contributed by atoms with Gasteiger partial charge in [-0.3, -0.25) is 0 Å². The highest BCUT2D eigenvalue weighted by Crippen LogP contribution is 2.33. The molecule has 2 nitrogen and oxygen atoms in total. The van der Waals surface area contributed by atoms with Crippen LogP contribution in [0.15, 0.2) is 15.9 Å². The summed E-state index contributed by atoms with van der Waals surface area (Å²) in [6.45, 7) is 7.55. The highest BCUT2D eigenvalue weighted by molar-refractivity contribution is 9.10. The SMILES string of the molecule is CCCNC(CCC(C)(C)OC)c1sccc1Br. The summed E-state index contributed by atoms with van der Waals surface area (Å²) >= 11 is 5.45. The summed E-state index contributed by atoms with van der Waals surface area (Å²) in [6, 6.07) is 2.55. The number of rotatable bonds is 8. The molecule has 0 amide bonds. The Morgan fingerprint density at radius 2 is 2.22 bits per heavy atom. The van der Waals surface area contributed by atoms with Crippen LogP contribution in [0.25, 0.3) is 0 Å². The van der Waals surface area contributed by atoms with Crippen LogP contribution in [0, 0.1) is 0 Å². The van der Waals surface area contributed by atoms with Crippen molar-refractivity contribution in [2.45, 2.75) is 51.7 Å². The Morgan fingerprint density at radius 3 is 2.72 bits per heavy atom. The number of halogens is 1. The van der Waals surface area contributed by atoms with Gasteiger partial charge in [-0.2, -0.15) is 0 Å². The van der Waals surface area contributed by atoms with E-state index < -0.39 is 0 Å². The Kier molecular flexibility index (Phi) is 6.85. The molecule has 1 aromatic heterocycles. The Bertz CT molecular complexity index is 351. The maximum absolute atomic E-state index is 5.50. The topological polar surface area (TPSA) is 21.3 Å². The van der Waals surface area contributed by atoms with Crippen LogP contribution < -0.4 is 5.32 Å². The summed E-state index contributed by atoms with van der Waals surface area (Å²) in [5.74, 6) is 0. The number of hydrogen-bond acceptors (Lipinski definition) is 3. The molecule has 0 saturated carbocycles. The summed E-state index contributed by atoms with van der Waals surface area (Å²) in [5, 5.41) is 5.77. The van der Waals surface area contributed by atoms with Gasteiger partial charge in [-0.1, -0.05) is 6.92 Å². The van der Waals surface area contributed by atoms with E-state index in [4.69, 9.17) is 4.74 Å². The minimum absolute atomic E-state index is 0.0458. The zero-order chi connectivity index (χ0) is 13.6. The van der Waals surface area contributed by atoms with Crippen molar-refractivity contribution in [1.29, 1.82) is 0 Å². The average molecular weight is 334 g/mol. The minimum Gasteiger partial charge on any atom is -0.379 e. The Morgan fingerprint density at radius 1 is 1.50 bits per heavy atom. The van der Waals surface area contributed by atoms with Crippen LogP contribution in [-0.4, -0.2) is 19.3 Å². The van der Waals surface area contributed by atoms with Crippen molar-refractivity contribution in [2.24, 2.45) is 0 Å². The number of nitrogens with one attached hydrogen (secondary N) is 1. The number of hydrogen-bond donors (Lipinski definition) is 1. The molecule has 0 fully saturated rings. The third kappa shape index (κ3) is 5.00. The minimum atomic E-state index is -0.0458. The van der Waals surface area contributed by atoms with Crippen LogP contribution in [0.1, 0.15) is 51.0 Å². The number of thiophene rings is 1. The van der Waals surface area contributed by atoms with Crippen molar-refractivity contribution in [3.8, 4) is 0 Å². The molecule has 1 unspecified atom stereocenters. The molecule has 0 aliphatic rings. The Labute approximate surface area is 123 Å². The maximum Gasteiger partial charge on any atom is 0.0623 e. The number of ether oxygens (including phenoxy) is 1. The van der Waals surface area contributed by atoms with Gasteiger partial charge >= 0.3 is 0 Å². The third-order valence-electron chi connectivity index (χ3n) is 3.19. The van der Waals surface area contributed by atoms with E-state index in [1.807, 2.05) is 11.3 Å². The van der Waals surface area contributed by atoms with E-state index in [0.717, 1.165) is 25.8 Å². The van der Waals surface area contributed by atoms with E-state index in [1.54, 1.807) is 7.11 Å². The van der Waals surface area contributed by atoms with Gasteiger partial charge in [-0.05, 0) is 67.0 Å². The quantitative estimate of drug-likeness (QED) is 0.740. The Balaban J connectivity index is 2.65. The first kappa shape index (κ1) is 16.2. The molecule has 18 heavy (non-hydrogen) atoms. The van der Waals surface area contributed by atoms with Gasteiger partial charge in [0.2, 0.25) is 0 Å². The zero-order valence-corrected chi connectivity index (χ0v) is 14.2. The van der Waals surface area contributed by atoms with E-state index in [1.165, 1.54) is 9.35 Å². The van der Waals surface area contributed by atoms with Crippen molar-refractivity contribution in [1.82, 2.24) is 5.32 Å². The van der Waals surface area contributed by atoms with Crippen LogP contribution >= 0.6 is 27.3 Å². The van der Waals surface area contributed by atoms with Crippen LogP contribution in [-0.2, 0) is 4.74 Å². The molecular weight excluding hydrogens is 310 g/mol. The van der Waals surface area contributed by atoms with Crippen molar-refractivity contribution in [3.63, 3.8) is 0 Å². The fourth-order valence-electron chi connectivity index (χ4n) is 1.79. The van der Waals surface area contributed by atoms with Gasteiger partial charge in [-0.25, -0.2) is 0 Å².